The predicted molar refractivity (Wildman–Crippen MR) is 87.7 cm³/mol. The van der Waals surface area contributed by atoms with E-state index in [0.29, 0.717) is 0 Å². The van der Waals surface area contributed by atoms with Crippen LogP contribution in [-0.2, 0) is 6.42 Å². The maximum absolute atomic E-state index is 6.08. The van der Waals surface area contributed by atoms with Crippen LogP contribution >= 0.6 is 11.8 Å². The summed E-state index contributed by atoms with van der Waals surface area (Å²) in [7, 11) is 1.70. The number of hydrogen-bond acceptors (Lipinski definition) is 4. The molecule has 2 N–H and O–H groups in total. The summed E-state index contributed by atoms with van der Waals surface area (Å²) in [4.78, 5) is 2.58. The van der Waals surface area contributed by atoms with E-state index in [2.05, 4.69) is 24.0 Å². The van der Waals surface area contributed by atoms with Crippen LogP contribution in [0.4, 0.5) is 0 Å². The van der Waals surface area contributed by atoms with Crippen LogP contribution in [0.2, 0.25) is 0 Å². The second kappa shape index (κ2) is 7.34. The molecule has 1 aromatic rings. The number of methoxy groups -OCH3 is 1. The van der Waals surface area contributed by atoms with Gasteiger partial charge in [-0.1, -0.05) is 12.1 Å². The number of rotatable bonds is 6. The molecule has 0 aliphatic carbocycles. The Morgan fingerprint density at radius 1 is 1.25 bits per heavy atom. The Bertz CT molecular complexity index is 403. The molecule has 0 radical (unpaired) electrons. The Morgan fingerprint density at radius 3 is 2.45 bits per heavy atom. The van der Waals surface area contributed by atoms with Crippen molar-refractivity contribution in [3.63, 3.8) is 0 Å². The second-order valence-electron chi connectivity index (χ2n) is 5.65. The van der Waals surface area contributed by atoms with Crippen molar-refractivity contribution in [2.24, 2.45) is 5.73 Å². The Kier molecular flexibility index (Phi) is 5.75. The highest BCUT2D eigenvalue weighted by molar-refractivity contribution is 7.99. The highest BCUT2D eigenvalue weighted by Gasteiger charge is 2.31. The van der Waals surface area contributed by atoms with Gasteiger partial charge in [-0.25, -0.2) is 0 Å². The molecule has 0 amide bonds. The van der Waals surface area contributed by atoms with Crippen LogP contribution in [0.3, 0.4) is 0 Å². The first-order chi connectivity index (χ1) is 9.68. The molecule has 1 aliphatic rings. The fraction of sp³-hybridized carbons (Fsp3) is 0.625. The molecule has 1 aromatic carbocycles. The summed E-state index contributed by atoms with van der Waals surface area (Å²) in [6, 6.07) is 8.38. The van der Waals surface area contributed by atoms with Gasteiger partial charge < -0.3 is 10.5 Å². The van der Waals surface area contributed by atoms with Crippen LogP contribution < -0.4 is 10.5 Å². The van der Waals surface area contributed by atoms with Crippen molar-refractivity contribution in [1.29, 1.82) is 0 Å². The molecule has 0 aromatic heterocycles. The Balaban J connectivity index is 1.94. The summed E-state index contributed by atoms with van der Waals surface area (Å²) in [6.45, 7) is 5.38. The van der Waals surface area contributed by atoms with E-state index in [1.807, 2.05) is 23.9 Å². The summed E-state index contributed by atoms with van der Waals surface area (Å²) in [5.74, 6) is 3.39. The van der Waals surface area contributed by atoms with Gasteiger partial charge in [0.15, 0.2) is 0 Å². The quantitative estimate of drug-likeness (QED) is 0.874. The minimum atomic E-state index is 0.126. The van der Waals surface area contributed by atoms with Gasteiger partial charge in [-0.05, 0) is 37.5 Å². The number of nitrogens with two attached hydrogens (primary N) is 1. The molecule has 1 atom stereocenters. The zero-order valence-electron chi connectivity index (χ0n) is 12.6. The lowest BCUT2D eigenvalue weighted by Gasteiger charge is -2.43. The van der Waals surface area contributed by atoms with Gasteiger partial charge in [0, 0.05) is 36.7 Å². The SMILES string of the molecule is COc1ccc(CCC(C)(CN)N2CCSCC2)cc1. The number of nitrogens with zero attached hydrogens (tertiary/aromatic N) is 1. The fourth-order valence-corrected chi connectivity index (χ4v) is 3.60. The van der Waals surface area contributed by atoms with Crippen molar-refractivity contribution in [3.8, 4) is 5.75 Å². The van der Waals surface area contributed by atoms with Gasteiger partial charge in [-0.3, -0.25) is 4.90 Å². The van der Waals surface area contributed by atoms with Gasteiger partial charge in [-0.2, -0.15) is 11.8 Å². The third-order valence-electron chi connectivity index (χ3n) is 4.33. The standard InChI is InChI=1S/C16H26N2OS/c1-16(13-17,18-9-11-20-12-10-18)8-7-14-3-5-15(19-2)6-4-14/h3-6H,7-13,17H2,1-2H3. The van der Waals surface area contributed by atoms with Crippen molar-refractivity contribution < 1.29 is 4.74 Å². The third kappa shape index (κ3) is 3.90. The molecular formula is C16H26N2OS. The van der Waals surface area contributed by atoms with E-state index in [1.54, 1.807) is 7.11 Å². The Hall–Kier alpha value is -0.710. The maximum atomic E-state index is 6.08. The van der Waals surface area contributed by atoms with Crippen LogP contribution in [0.1, 0.15) is 18.9 Å². The van der Waals surface area contributed by atoms with Crippen molar-refractivity contribution in [3.05, 3.63) is 29.8 Å². The van der Waals surface area contributed by atoms with Crippen LogP contribution in [0, 0.1) is 0 Å². The smallest absolute Gasteiger partial charge is 0.118 e. The molecule has 1 heterocycles. The number of benzene rings is 1. The zero-order chi connectivity index (χ0) is 14.4. The monoisotopic (exact) mass is 294 g/mol. The van der Waals surface area contributed by atoms with Gasteiger partial charge in [-0.15, -0.1) is 0 Å². The molecule has 20 heavy (non-hydrogen) atoms. The summed E-state index contributed by atoms with van der Waals surface area (Å²) in [5, 5.41) is 0. The summed E-state index contributed by atoms with van der Waals surface area (Å²) in [6.07, 6.45) is 2.18. The predicted octanol–water partition coefficient (Wildman–Crippen LogP) is 2.39. The lowest BCUT2D eigenvalue weighted by atomic mass is 9.91. The van der Waals surface area contributed by atoms with E-state index in [-0.39, 0.29) is 5.54 Å². The molecule has 112 valence electrons. The van der Waals surface area contributed by atoms with Gasteiger partial charge in [0.05, 0.1) is 7.11 Å². The molecule has 2 rings (SSSR count). The van der Waals surface area contributed by atoms with E-state index in [0.717, 1.165) is 25.1 Å². The Morgan fingerprint density at radius 2 is 1.90 bits per heavy atom. The zero-order valence-corrected chi connectivity index (χ0v) is 13.4. The highest BCUT2D eigenvalue weighted by atomic mass is 32.2. The maximum Gasteiger partial charge on any atom is 0.118 e. The molecule has 1 aliphatic heterocycles. The minimum absolute atomic E-state index is 0.126. The van der Waals surface area contributed by atoms with Gasteiger partial charge in [0.25, 0.3) is 0 Å². The van der Waals surface area contributed by atoms with Gasteiger partial charge >= 0.3 is 0 Å². The average Bonchev–Trinajstić information content (AvgIpc) is 2.54. The van der Waals surface area contributed by atoms with E-state index in [4.69, 9.17) is 10.5 Å². The van der Waals surface area contributed by atoms with Crippen LogP contribution in [0.5, 0.6) is 5.75 Å². The Labute approximate surface area is 126 Å². The minimum Gasteiger partial charge on any atom is -0.497 e. The first-order valence-electron chi connectivity index (χ1n) is 7.34. The average molecular weight is 294 g/mol. The first-order valence-corrected chi connectivity index (χ1v) is 8.49. The molecule has 4 heteroatoms. The molecule has 1 fully saturated rings. The first kappa shape index (κ1) is 15.7. The molecule has 0 spiro atoms. The lowest BCUT2D eigenvalue weighted by Crippen LogP contribution is -2.54. The van der Waals surface area contributed by atoms with Gasteiger partial charge in [0.1, 0.15) is 5.75 Å². The lowest BCUT2D eigenvalue weighted by molar-refractivity contribution is 0.114. The molecule has 0 saturated carbocycles. The van der Waals surface area contributed by atoms with Crippen molar-refractivity contribution >= 4 is 11.8 Å². The van der Waals surface area contributed by atoms with Crippen LogP contribution in [-0.4, -0.2) is 48.7 Å². The van der Waals surface area contributed by atoms with Crippen molar-refractivity contribution in [2.45, 2.75) is 25.3 Å². The number of aryl methyl sites for hydroxylation is 1. The fourth-order valence-electron chi connectivity index (χ4n) is 2.70. The number of hydrogen-bond donors (Lipinski definition) is 1. The highest BCUT2D eigenvalue weighted by Crippen LogP contribution is 2.25. The van der Waals surface area contributed by atoms with E-state index in [1.165, 1.54) is 30.2 Å². The van der Waals surface area contributed by atoms with Crippen molar-refractivity contribution in [2.75, 3.05) is 38.2 Å². The molecule has 1 unspecified atom stereocenters. The topological polar surface area (TPSA) is 38.5 Å². The van der Waals surface area contributed by atoms with E-state index < -0.39 is 0 Å². The second-order valence-corrected chi connectivity index (χ2v) is 6.87. The number of thioether (sulfide) groups is 1. The largest absolute Gasteiger partial charge is 0.497 e. The normalized spacial score (nSPS) is 19.6. The molecule has 3 nitrogen and oxygen atoms in total. The van der Waals surface area contributed by atoms with E-state index >= 15 is 0 Å². The number of ether oxygens (including phenoxy) is 1. The summed E-state index contributed by atoms with van der Waals surface area (Å²) < 4.78 is 5.20. The summed E-state index contributed by atoms with van der Waals surface area (Å²) in [5.41, 5.74) is 7.56. The summed E-state index contributed by atoms with van der Waals surface area (Å²) >= 11 is 2.05. The molecular weight excluding hydrogens is 268 g/mol. The van der Waals surface area contributed by atoms with E-state index in [9.17, 15) is 0 Å². The van der Waals surface area contributed by atoms with Crippen LogP contribution in [0.25, 0.3) is 0 Å². The van der Waals surface area contributed by atoms with Crippen LogP contribution in [0.15, 0.2) is 24.3 Å². The van der Waals surface area contributed by atoms with Crippen molar-refractivity contribution in [1.82, 2.24) is 4.90 Å². The van der Waals surface area contributed by atoms with Gasteiger partial charge in [0.2, 0.25) is 0 Å². The molecule has 1 saturated heterocycles. The molecule has 0 bridgehead atoms. The third-order valence-corrected chi connectivity index (χ3v) is 5.27.